The van der Waals surface area contributed by atoms with Crippen molar-refractivity contribution >= 4 is 17.5 Å². The average molecular weight is 270 g/mol. The van der Waals surface area contributed by atoms with E-state index < -0.39 is 23.3 Å². The van der Waals surface area contributed by atoms with E-state index in [9.17, 15) is 14.4 Å². The molecule has 19 heavy (non-hydrogen) atoms. The van der Waals surface area contributed by atoms with Crippen molar-refractivity contribution in [1.29, 1.82) is 0 Å². The van der Waals surface area contributed by atoms with Gasteiger partial charge in [-0.3, -0.25) is 14.4 Å². The molecule has 0 saturated carbocycles. The fourth-order valence-corrected chi connectivity index (χ4v) is 2.43. The number of carbonyl (C=O) groups excluding carboxylic acids is 3. The highest BCUT2D eigenvalue weighted by Gasteiger charge is 2.50. The molecule has 108 valence electrons. The molecule has 1 aliphatic rings. The van der Waals surface area contributed by atoms with Gasteiger partial charge in [0.05, 0.1) is 6.61 Å². The van der Waals surface area contributed by atoms with E-state index in [1.807, 2.05) is 0 Å². The summed E-state index contributed by atoms with van der Waals surface area (Å²) in [6, 6.07) is 0. The first kappa shape index (κ1) is 15.8. The minimum atomic E-state index is -1.44. The Bertz CT molecular complexity index is 363. The van der Waals surface area contributed by atoms with E-state index in [1.165, 1.54) is 0 Å². The monoisotopic (exact) mass is 270 g/mol. The second-order valence-corrected chi connectivity index (χ2v) is 4.63. The van der Waals surface area contributed by atoms with Crippen molar-refractivity contribution in [1.82, 2.24) is 0 Å². The molecule has 2 atom stereocenters. The number of rotatable bonds is 6. The van der Waals surface area contributed by atoms with Gasteiger partial charge in [0, 0.05) is 13.0 Å². The first-order valence-electron chi connectivity index (χ1n) is 6.91. The van der Waals surface area contributed by atoms with Crippen molar-refractivity contribution < 1.29 is 23.9 Å². The SMILES string of the molecule is CCOC(=O)C(CC)C(=O)C1(CC)OCCCC1=O. The topological polar surface area (TPSA) is 69.7 Å². The van der Waals surface area contributed by atoms with Crippen molar-refractivity contribution in [3.05, 3.63) is 0 Å². The van der Waals surface area contributed by atoms with E-state index in [-0.39, 0.29) is 18.8 Å². The zero-order valence-electron chi connectivity index (χ0n) is 11.9. The highest BCUT2D eigenvalue weighted by Crippen LogP contribution is 2.30. The van der Waals surface area contributed by atoms with E-state index in [0.717, 1.165) is 0 Å². The highest BCUT2D eigenvalue weighted by molar-refractivity contribution is 6.16. The number of esters is 1. The summed E-state index contributed by atoms with van der Waals surface area (Å²) in [5, 5.41) is 0. The molecule has 1 aliphatic heterocycles. The summed E-state index contributed by atoms with van der Waals surface area (Å²) in [4.78, 5) is 36.5. The average Bonchev–Trinajstić information content (AvgIpc) is 2.40. The van der Waals surface area contributed by atoms with E-state index in [0.29, 0.717) is 25.9 Å². The van der Waals surface area contributed by atoms with Gasteiger partial charge in [-0.1, -0.05) is 13.8 Å². The number of ether oxygens (including phenoxy) is 2. The Morgan fingerprint density at radius 1 is 1.37 bits per heavy atom. The molecule has 0 amide bonds. The maximum Gasteiger partial charge on any atom is 0.316 e. The number of hydrogen-bond acceptors (Lipinski definition) is 5. The number of hydrogen-bond donors (Lipinski definition) is 0. The third-order valence-corrected chi connectivity index (χ3v) is 3.54. The van der Waals surface area contributed by atoms with Gasteiger partial charge in [-0.2, -0.15) is 0 Å². The van der Waals surface area contributed by atoms with Crippen molar-refractivity contribution in [2.75, 3.05) is 13.2 Å². The largest absolute Gasteiger partial charge is 0.465 e. The van der Waals surface area contributed by atoms with Gasteiger partial charge in [0.25, 0.3) is 0 Å². The minimum absolute atomic E-state index is 0.214. The Morgan fingerprint density at radius 3 is 2.53 bits per heavy atom. The van der Waals surface area contributed by atoms with Gasteiger partial charge in [0.1, 0.15) is 5.92 Å². The maximum atomic E-state index is 12.6. The van der Waals surface area contributed by atoms with Gasteiger partial charge in [-0.05, 0) is 26.2 Å². The van der Waals surface area contributed by atoms with Crippen LogP contribution in [0, 0.1) is 5.92 Å². The van der Waals surface area contributed by atoms with Crippen molar-refractivity contribution in [2.45, 2.75) is 52.1 Å². The molecule has 1 saturated heterocycles. The van der Waals surface area contributed by atoms with Crippen LogP contribution in [0.5, 0.6) is 0 Å². The van der Waals surface area contributed by atoms with Crippen LogP contribution >= 0.6 is 0 Å². The Labute approximate surface area is 113 Å². The standard InChI is InChI=1S/C14H22O5/c1-4-10(13(17)18-6-3)12(16)14(5-2)11(15)8-7-9-19-14/h10H,4-9H2,1-3H3. The minimum Gasteiger partial charge on any atom is -0.465 e. The molecular formula is C14H22O5. The lowest BCUT2D eigenvalue weighted by molar-refractivity contribution is -0.171. The van der Waals surface area contributed by atoms with E-state index in [4.69, 9.17) is 9.47 Å². The van der Waals surface area contributed by atoms with Gasteiger partial charge in [-0.15, -0.1) is 0 Å². The quantitative estimate of drug-likeness (QED) is 0.542. The molecule has 0 aromatic heterocycles. The molecule has 0 aromatic rings. The molecule has 0 spiro atoms. The normalized spacial score (nSPS) is 24.9. The second-order valence-electron chi connectivity index (χ2n) is 4.63. The van der Waals surface area contributed by atoms with Crippen LogP contribution in [0.25, 0.3) is 0 Å². The molecule has 1 fully saturated rings. The fourth-order valence-electron chi connectivity index (χ4n) is 2.43. The summed E-state index contributed by atoms with van der Waals surface area (Å²) in [6.07, 6.45) is 1.54. The maximum absolute atomic E-state index is 12.6. The molecule has 0 aromatic carbocycles. The van der Waals surface area contributed by atoms with Gasteiger partial charge >= 0.3 is 5.97 Å². The third-order valence-electron chi connectivity index (χ3n) is 3.54. The lowest BCUT2D eigenvalue weighted by Crippen LogP contribution is -2.55. The molecule has 0 N–H and O–H groups in total. The van der Waals surface area contributed by atoms with E-state index in [2.05, 4.69) is 0 Å². The van der Waals surface area contributed by atoms with Crippen LogP contribution in [0.15, 0.2) is 0 Å². The van der Waals surface area contributed by atoms with Crippen molar-refractivity contribution in [3.8, 4) is 0 Å². The summed E-state index contributed by atoms with van der Waals surface area (Å²) < 4.78 is 10.4. The molecule has 0 radical (unpaired) electrons. The van der Waals surface area contributed by atoms with Gasteiger partial charge in [0.15, 0.2) is 17.2 Å². The Hall–Kier alpha value is -1.23. The number of Topliss-reactive ketones (excluding diaryl/α,β-unsaturated/α-hetero) is 2. The summed E-state index contributed by atoms with van der Waals surface area (Å²) in [5.41, 5.74) is -1.44. The zero-order chi connectivity index (χ0) is 14.5. The molecule has 5 nitrogen and oxygen atoms in total. The summed E-state index contributed by atoms with van der Waals surface area (Å²) in [6.45, 7) is 5.75. The summed E-state index contributed by atoms with van der Waals surface area (Å²) in [7, 11) is 0. The molecule has 5 heteroatoms. The van der Waals surface area contributed by atoms with Crippen LogP contribution in [0.2, 0.25) is 0 Å². The van der Waals surface area contributed by atoms with E-state index in [1.54, 1.807) is 20.8 Å². The number of carbonyl (C=O) groups is 3. The Morgan fingerprint density at radius 2 is 2.05 bits per heavy atom. The predicted octanol–water partition coefficient (Wildman–Crippen LogP) is 1.67. The lowest BCUT2D eigenvalue weighted by atomic mass is 9.79. The van der Waals surface area contributed by atoms with Gasteiger partial charge in [0.2, 0.25) is 0 Å². The third kappa shape index (κ3) is 3.03. The van der Waals surface area contributed by atoms with Crippen LogP contribution in [0.4, 0.5) is 0 Å². The number of ketones is 2. The highest BCUT2D eigenvalue weighted by atomic mass is 16.5. The van der Waals surface area contributed by atoms with Crippen molar-refractivity contribution in [3.63, 3.8) is 0 Å². The van der Waals surface area contributed by atoms with Gasteiger partial charge < -0.3 is 9.47 Å². The molecule has 1 heterocycles. The molecule has 2 unspecified atom stereocenters. The van der Waals surface area contributed by atoms with E-state index >= 15 is 0 Å². The van der Waals surface area contributed by atoms with Crippen molar-refractivity contribution in [2.24, 2.45) is 5.92 Å². The first-order valence-corrected chi connectivity index (χ1v) is 6.91. The molecule has 0 aliphatic carbocycles. The van der Waals surface area contributed by atoms with Crippen LogP contribution in [-0.2, 0) is 23.9 Å². The van der Waals surface area contributed by atoms with Crippen LogP contribution < -0.4 is 0 Å². The van der Waals surface area contributed by atoms with Gasteiger partial charge in [-0.25, -0.2) is 0 Å². The molecule has 0 bridgehead atoms. The fraction of sp³-hybridized carbons (Fsp3) is 0.786. The van der Waals surface area contributed by atoms with Crippen LogP contribution in [0.3, 0.4) is 0 Å². The van der Waals surface area contributed by atoms with Crippen LogP contribution in [0.1, 0.15) is 46.5 Å². The Balaban J connectivity index is 2.98. The Kier molecular flexibility index (Phi) is 5.66. The van der Waals surface area contributed by atoms with Crippen LogP contribution in [-0.4, -0.2) is 36.4 Å². The second kappa shape index (κ2) is 6.80. The summed E-state index contributed by atoms with van der Waals surface area (Å²) in [5.74, 6) is -2.14. The first-order chi connectivity index (χ1) is 9.03. The zero-order valence-corrected chi connectivity index (χ0v) is 11.9. The molecular weight excluding hydrogens is 248 g/mol. The summed E-state index contributed by atoms with van der Waals surface area (Å²) >= 11 is 0. The lowest BCUT2D eigenvalue weighted by Gasteiger charge is -2.35. The smallest absolute Gasteiger partial charge is 0.316 e. The predicted molar refractivity (Wildman–Crippen MR) is 68.6 cm³/mol. The molecule has 1 rings (SSSR count).